The molecule has 0 aromatic heterocycles. The van der Waals surface area contributed by atoms with Gasteiger partial charge in [-0.25, -0.2) is 0 Å². The quantitative estimate of drug-likeness (QED) is 0.506. The topological polar surface area (TPSA) is 0 Å². The summed E-state index contributed by atoms with van der Waals surface area (Å²) in [5.41, 5.74) is 0. The molecule has 0 spiro atoms. The number of rotatable bonds is 3. The van der Waals surface area contributed by atoms with Crippen molar-refractivity contribution in [1.29, 1.82) is 0 Å². The SMILES string of the molecule is CCCC[Si](C)[Si]. The molecule has 0 heterocycles. The summed E-state index contributed by atoms with van der Waals surface area (Å²) in [6.07, 6.45) is 2.74. The van der Waals surface area contributed by atoms with Crippen LogP contribution in [0.25, 0.3) is 0 Å². The normalized spacial score (nSPS) is 10.3. The molecule has 0 aromatic rings. The van der Waals surface area contributed by atoms with Gasteiger partial charge >= 0.3 is 0 Å². The molecule has 0 amide bonds. The van der Waals surface area contributed by atoms with Crippen molar-refractivity contribution in [3.05, 3.63) is 0 Å². The lowest BCUT2D eigenvalue weighted by Gasteiger charge is -1.96. The van der Waals surface area contributed by atoms with Crippen LogP contribution in [-0.4, -0.2) is 18.1 Å². The second-order valence-corrected chi connectivity index (χ2v) is 6.51. The van der Waals surface area contributed by atoms with Crippen molar-refractivity contribution in [2.75, 3.05) is 0 Å². The average Bonchev–Trinajstić information content (AvgIpc) is 1.61. The monoisotopic (exact) mass is 128 g/mol. The van der Waals surface area contributed by atoms with Gasteiger partial charge in [-0.2, -0.15) is 0 Å². The van der Waals surface area contributed by atoms with Gasteiger partial charge in [0.25, 0.3) is 0 Å². The van der Waals surface area contributed by atoms with Crippen molar-refractivity contribution < 1.29 is 0 Å². The Labute approximate surface area is 51.1 Å². The number of hydrogen-bond acceptors (Lipinski definition) is 0. The number of unbranched alkanes of at least 4 members (excludes halogenated alkanes) is 1. The minimum Gasteiger partial charge on any atom is -0.0738 e. The second-order valence-electron chi connectivity index (χ2n) is 1.88. The third kappa shape index (κ3) is 6.43. The average molecular weight is 128 g/mol. The van der Waals surface area contributed by atoms with Crippen molar-refractivity contribution in [2.24, 2.45) is 0 Å². The Bertz CT molecular complexity index is 35.1. The summed E-state index contributed by atoms with van der Waals surface area (Å²) in [5.74, 6) is 0. The van der Waals surface area contributed by atoms with Gasteiger partial charge in [-0.1, -0.05) is 32.4 Å². The third-order valence-electron chi connectivity index (χ3n) is 0.905. The van der Waals surface area contributed by atoms with Crippen LogP contribution in [0.2, 0.25) is 12.6 Å². The fraction of sp³-hybridized carbons (Fsp3) is 1.00. The molecular weight excluding hydrogens is 116 g/mol. The molecule has 0 nitrogen and oxygen atoms in total. The van der Waals surface area contributed by atoms with Gasteiger partial charge < -0.3 is 0 Å². The highest BCUT2D eigenvalue weighted by Crippen LogP contribution is 1.96. The molecule has 4 radical (unpaired) electrons. The first-order valence-corrected chi connectivity index (χ1v) is 6.52. The van der Waals surface area contributed by atoms with E-state index in [1.807, 2.05) is 0 Å². The van der Waals surface area contributed by atoms with E-state index in [0.717, 1.165) is 0 Å². The molecule has 0 bridgehead atoms. The van der Waals surface area contributed by atoms with Crippen LogP contribution >= 0.6 is 0 Å². The zero-order chi connectivity index (χ0) is 5.70. The van der Waals surface area contributed by atoms with Crippen molar-refractivity contribution in [1.82, 2.24) is 0 Å². The minimum atomic E-state index is -0.0917. The highest BCUT2D eigenvalue weighted by Gasteiger charge is 1.91. The van der Waals surface area contributed by atoms with Gasteiger partial charge in [0, 0.05) is 18.1 Å². The van der Waals surface area contributed by atoms with E-state index in [-0.39, 0.29) is 8.31 Å². The predicted molar refractivity (Wildman–Crippen MR) is 37.1 cm³/mol. The van der Waals surface area contributed by atoms with Crippen LogP contribution in [0.15, 0.2) is 0 Å². The molecule has 0 aliphatic carbocycles. The second kappa shape index (κ2) is 4.59. The first kappa shape index (κ1) is 7.43. The molecule has 0 aliphatic heterocycles. The molecule has 40 valence electrons. The number of hydrogen-bond donors (Lipinski definition) is 0. The van der Waals surface area contributed by atoms with E-state index in [1.54, 1.807) is 0 Å². The van der Waals surface area contributed by atoms with Crippen LogP contribution < -0.4 is 0 Å². The van der Waals surface area contributed by atoms with Crippen LogP contribution in [0.1, 0.15) is 19.8 Å². The molecule has 0 saturated carbocycles. The van der Waals surface area contributed by atoms with Crippen LogP contribution in [-0.2, 0) is 0 Å². The molecule has 0 saturated heterocycles. The van der Waals surface area contributed by atoms with Gasteiger partial charge in [0.1, 0.15) is 0 Å². The zero-order valence-corrected chi connectivity index (χ0v) is 7.12. The van der Waals surface area contributed by atoms with Crippen LogP contribution in [0, 0.1) is 0 Å². The van der Waals surface area contributed by atoms with Gasteiger partial charge in [-0.05, 0) is 0 Å². The van der Waals surface area contributed by atoms with E-state index >= 15 is 0 Å². The molecule has 0 aliphatic rings. The summed E-state index contributed by atoms with van der Waals surface area (Å²) in [6, 6.07) is 1.41. The van der Waals surface area contributed by atoms with Crippen LogP contribution in [0.4, 0.5) is 0 Å². The van der Waals surface area contributed by atoms with Crippen molar-refractivity contribution >= 4 is 18.1 Å². The smallest absolute Gasteiger partial charge is 0.0271 e. The van der Waals surface area contributed by atoms with Crippen molar-refractivity contribution in [2.45, 2.75) is 32.4 Å². The Kier molecular flexibility index (Phi) is 4.87. The summed E-state index contributed by atoms with van der Waals surface area (Å²) in [7, 11) is 3.53. The Morgan fingerprint density at radius 2 is 2.14 bits per heavy atom. The Hall–Kier alpha value is 0.434. The van der Waals surface area contributed by atoms with Crippen molar-refractivity contribution in [3.8, 4) is 0 Å². The van der Waals surface area contributed by atoms with E-state index in [2.05, 4.69) is 23.2 Å². The maximum absolute atomic E-state index is 3.62. The van der Waals surface area contributed by atoms with E-state index in [1.165, 1.54) is 18.9 Å². The summed E-state index contributed by atoms with van der Waals surface area (Å²) in [4.78, 5) is 0. The van der Waals surface area contributed by atoms with E-state index in [9.17, 15) is 0 Å². The van der Waals surface area contributed by atoms with Crippen LogP contribution in [0.5, 0.6) is 0 Å². The summed E-state index contributed by atoms with van der Waals surface area (Å²) < 4.78 is 0. The zero-order valence-electron chi connectivity index (χ0n) is 5.12. The van der Waals surface area contributed by atoms with Gasteiger partial charge in [-0.3, -0.25) is 0 Å². The minimum absolute atomic E-state index is 0.0917. The molecule has 0 fully saturated rings. The maximum Gasteiger partial charge on any atom is 0.0271 e. The largest absolute Gasteiger partial charge is 0.0738 e. The lowest BCUT2D eigenvalue weighted by molar-refractivity contribution is 0.878. The Morgan fingerprint density at radius 3 is 2.29 bits per heavy atom. The molecule has 0 rings (SSSR count). The lowest BCUT2D eigenvalue weighted by atomic mass is 10.4. The Morgan fingerprint density at radius 1 is 1.57 bits per heavy atom. The predicted octanol–water partition coefficient (Wildman–Crippen LogP) is 1.58. The van der Waals surface area contributed by atoms with E-state index in [0.29, 0.717) is 0 Å². The van der Waals surface area contributed by atoms with Gasteiger partial charge in [0.05, 0.1) is 0 Å². The third-order valence-corrected chi connectivity index (χ3v) is 2.76. The highest BCUT2D eigenvalue weighted by molar-refractivity contribution is 7.02. The van der Waals surface area contributed by atoms with Gasteiger partial charge in [-0.15, -0.1) is 0 Å². The van der Waals surface area contributed by atoms with Crippen LogP contribution in [0.3, 0.4) is 0 Å². The maximum atomic E-state index is 3.62. The standard InChI is InChI=1S/C5H12Si2/c1-3-4-5-7(2)6/h3-5H2,1-2H3. The molecule has 0 unspecified atom stereocenters. The highest BCUT2D eigenvalue weighted by atomic mass is 29.1. The first-order chi connectivity index (χ1) is 3.27. The summed E-state index contributed by atoms with van der Waals surface area (Å²) in [5, 5.41) is 0. The summed E-state index contributed by atoms with van der Waals surface area (Å²) >= 11 is 0. The summed E-state index contributed by atoms with van der Waals surface area (Å²) in [6.45, 7) is 4.52. The Balaban J connectivity index is 2.68. The fourth-order valence-corrected chi connectivity index (χ4v) is 1.86. The van der Waals surface area contributed by atoms with Gasteiger partial charge in [0.15, 0.2) is 0 Å². The van der Waals surface area contributed by atoms with E-state index in [4.69, 9.17) is 0 Å². The lowest BCUT2D eigenvalue weighted by Crippen LogP contribution is -2.04. The fourth-order valence-electron chi connectivity index (χ4n) is 0.442. The molecular formula is C5H12Si2. The molecule has 7 heavy (non-hydrogen) atoms. The first-order valence-electron chi connectivity index (χ1n) is 2.81. The molecule has 0 atom stereocenters. The van der Waals surface area contributed by atoms with E-state index < -0.39 is 0 Å². The molecule has 0 aromatic carbocycles. The molecule has 2 heteroatoms. The molecule has 0 N–H and O–H groups in total. The van der Waals surface area contributed by atoms with Crippen molar-refractivity contribution in [3.63, 3.8) is 0 Å². The van der Waals surface area contributed by atoms with Gasteiger partial charge in [0.2, 0.25) is 0 Å².